The molecule has 0 unspecified atom stereocenters. The van der Waals surface area contributed by atoms with Gasteiger partial charge in [0.1, 0.15) is 5.82 Å². The lowest BCUT2D eigenvalue weighted by Gasteiger charge is -2.33. The second kappa shape index (κ2) is 7.34. The molecular formula is C23H21FN2O3S. The quantitative estimate of drug-likeness (QED) is 0.649. The lowest BCUT2D eigenvalue weighted by molar-refractivity contribution is -0.121. The number of carbonyl (C=O) groups is 1. The summed E-state index contributed by atoms with van der Waals surface area (Å²) in [7, 11) is -3.99. The smallest absolute Gasteiger partial charge is 0.241 e. The number of aryl methyl sites for hydroxylation is 1. The highest BCUT2D eigenvalue weighted by Gasteiger charge is 2.50. The number of fused-ring (bicyclic) bond motifs is 1. The van der Waals surface area contributed by atoms with Crippen molar-refractivity contribution in [2.24, 2.45) is 0 Å². The van der Waals surface area contributed by atoms with Gasteiger partial charge in [-0.2, -0.15) is 0 Å². The molecule has 2 N–H and O–H groups in total. The second-order valence-electron chi connectivity index (χ2n) is 7.62. The molecule has 7 heteroatoms. The van der Waals surface area contributed by atoms with Gasteiger partial charge in [-0.05, 0) is 55.3 Å². The van der Waals surface area contributed by atoms with E-state index in [1.807, 2.05) is 6.92 Å². The minimum absolute atomic E-state index is 0.0739. The predicted molar refractivity (Wildman–Crippen MR) is 113 cm³/mol. The first-order chi connectivity index (χ1) is 14.2. The molecule has 2 atom stereocenters. The molecule has 1 aliphatic heterocycles. The highest BCUT2D eigenvalue weighted by Crippen LogP contribution is 2.46. The Kier molecular flexibility index (Phi) is 4.95. The number of sulfonamides is 1. The van der Waals surface area contributed by atoms with Crippen LogP contribution < -0.4 is 10.0 Å². The summed E-state index contributed by atoms with van der Waals surface area (Å²) in [6.45, 7) is 3.53. The third-order valence-corrected chi connectivity index (χ3v) is 7.01. The van der Waals surface area contributed by atoms with Crippen LogP contribution in [0.3, 0.4) is 0 Å². The van der Waals surface area contributed by atoms with Crippen molar-refractivity contribution in [2.75, 3.05) is 5.32 Å². The van der Waals surface area contributed by atoms with Crippen molar-refractivity contribution in [1.82, 2.24) is 4.72 Å². The fraction of sp³-hybridized carbons (Fsp3) is 0.174. The molecule has 0 fully saturated rings. The molecule has 0 aliphatic carbocycles. The van der Waals surface area contributed by atoms with E-state index in [1.54, 1.807) is 49.4 Å². The van der Waals surface area contributed by atoms with Crippen LogP contribution in [0, 0.1) is 12.7 Å². The van der Waals surface area contributed by atoms with Crippen LogP contribution in [0.1, 0.15) is 29.7 Å². The highest BCUT2D eigenvalue weighted by atomic mass is 32.2. The predicted octanol–water partition coefficient (Wildman–Crippen LogP) is 4.06. The van der Waals surface area contributed by atoms with Gasteiger partial charge in [-0.25, -0.2) is 17.5 Å². The molecule has 0 spiro atoms. The van der Waals surface area contributed by atoms with Crippen LogP contribution in [0.5, 0.6) is 0 Å². The van der Waals surface area contributed by atoms with E-state index in [4.69, 9.17) is 0 Å². The Morgan fingerprint density at radius 2 is 1.70 bits per heavy atom. The monoisotopic (exact) mass is 424 g/mol. The van der Waals surface area contributed by atoms with Gasteiger partial charge in [-0.1, -0.05) is 48.0 Å². The van der Waals surface area contributed by atoms with E-state index < -0.39 is 27.3 Å². The van der Waals surface area contributed by atoms with Gasteiger partial charge in [-0.15, -0.1) is 0 Å². The van der Waals surface area contributed by atoms with Crippen molar-refractivity contribution in [3.8, 4) is 0 Å². The molecule has 154 valence electrons. The zero-order valence-corrected chi connectivity index (χ0v) is 17.3. The molecule has 0 bridgehead atoms. The van der Waals surface area contributed by atoms with Crippen LogP contribution in [0.2, 0.25) is 0 Å². The summed E-state index contributed by atoms with van der Waals surface area (Å²) in [5.41, 5.74) is 1.27. The summed E-state index contributed by atoms with van der Waals surface area (Å²) in [4.78, 5) is 13.2. The Bertz CT molecular complexity index is 1230. The number of nitrogens with one attached hydrogen (secondary N) is 2. The van der Waals surface area contributed by atoms with Crippen LogP contribution in [0.25, 0.3) is 0 Å². The zero-order chi connectivity index (χ0) is 21.5. The standard InChI is InChI=1S/C23H21FN2O3S/c1-15-10-12-18(13-11-15)30(28,29)26-21(16-6-5-7-17(24)14-16)23(2)19-8-3-4-9-20(19)25-22(23)27/h3-14,21,26H,1-2H3,(H,25,27)/t21-,23-/m1/s1. The fourth-order valence-corrected chi connectivity index (χ4v) is 5.16. The van der Waals surface area contributed by atoms with Gasteiger partial charge < -0.3 is 5.32 Å². The molecule has 4 rings (SSSR count). The average Bonchev–Trinajstić information content (AvgIpc) is 2.98. The van der Waals surface area contributed by atoms with Crippen LogP contribution in [0.15, 0.2) is 77.7 Å². The molecule has 0 aromatic heterocycles. The Morgan fingerprint density at radius 1 is 1.00 bits per heavy atom. The highest BCUT2D eigenvalue weighted by molar-refractivity contribution is 7.89. The third kappa shape index (κ3) is 3.40. The number of hydrogen-bond donors (Lipinski definition) is 2. The van der Waals surface area contributed by atoms with Crippen LogP contribution in [-0.2, 0) is 20.2 Å². The summed E-state index contributed by atoms with van der Waals surface area (Å²) in [6, 6.07) is 18.1. The third-order valence-electron chi connectivity index (χ3n) is 5.57. The molecule has 1 aliphatic rings. The summed E-state index contributed by atoms with van der Waals surface area (Å²) < 4.78 is 43.1. The van der Waals surface area contributed by atoms with Crippen molar-refractivity contribution < 1.29 is 17.6 Å². The Labute approximate surface area is 175 Å². The van der Waals surface area contributed by atoms with Crippen molar-refractivity contribution in [1.29, 1.82) is 0 Å². The van der Waals surface area contributed by atoms with E-state index in [9.17, 15) is 17.6 Å². The van der Waals surface area contributed by atoms with E-state index in [2.05, 4.69) is 10.0 Å². The van der Waals surface area contributed by atoms with E-state index in [1.165, 1.54) is 30.3 Å². The molecule has 3 aromatic rings. The lowest BCUT2D eigenvalue weighted by Crippen LogP contribution is -2.46. The van der Waals surface area contributed by atoms with Gasteiger partial charge in [0.15, 0.2) is 0 Å². The number of rotatable bonds is 5. The maximum atomic E-state index is 14.1. The molecule has 5 nitrogen and oxygen atoms in total. The van der Waals surface area contributed by atoms with E-state index >= 15 is 0 Å². The maximum absolute atomic E-state index is 14.1. The minimum atomic E-state index is -3.99. The van der Waals surface area contributed by atoms with Gasteiger partial charge in [0.2, 0.25) is 15.9 Å². The molecule has 1 heterocycles. The molecule has 1 amide bonds. The summed E-state index contributed by atoms with van der Waals surface area (Å²) in [5, 5.41) is 2.82. The molecule has 0 saturated heterocycles. The first-order valence-electron chi connectivity index (χ1n) is 9.47. The van der Waals surface area contributed by atoms with Crippen molar-refractivity contribution >= 4 is 21.6 Å². The van der Waals surface area contributed by atoms with Gasteiger partial charge in [0.05, 0.1) is 16.4 Å². The first-order valence-corrected chi connectivity index (χ1v) is 11.0. The van der Waals surface area contributed by atoms with Crippen molar-refractivity contribution in [3.05, 3.63) is 95.3 Å². The molecule has 30 heavy (non-hydrogen) atoms. The number of carbonyl (C=O) groups excluding carboxylic acids is 1. The average molecular weight is 424 g/mol. The second-order valence-corrected chi connectivity index (χ2v) is 9.34. The SMILES string of the molecule is Cc1ccc(S(=O)(=O)N[C@H](c2cccc(F)c2)[C@]2(C)C(=O)Nc3ccccc32)cc1. The molecule has 0 saturated carbocycles. The summed E-state index contributed by atoms with van der Waals surface area (Å²) in [5.74, 6) is -0.869. The van der Waals surface area contributed by atoms with Crippen molar-refractivity contribution in [3.63, 3.8) is 0 Å². The Balaban J connectivity index is 1.86. The number of hydrogen-bond acceptors (Lipinski definition) is 3. The fourth-order valence-electron chi connectivity index (χ4n) is 3.85. The van der Waals surface area contributed by atoms with Crippen LogP contribution >= 0.6 is 0 Å². The van der Waals surface area contributed by atoms with E-state index in [0.29, 0.717) is 16.8 Å². The van der Waals surface area contributed by atoms with Gasteiger partial charge in [0.25, 0.3) is 0 Å². The summed E-state index contributed by atoms with van der Waals surface area (Å²) in [6.07, 6.45) is 0. The van der Waals surface area contributed by atoms with E-state index in [-0.39, 0.29) is 10.8 Å². The Morgan fingerprint density at radius 3 is 2.40 bits per heavy atom. The molecule has 3 aromatic carbocycles. The normalized spacial score (nSPS) is 19.2. The number of halogens is 1. The zero-order valence-electron chi connectivity index (χ0n) is 16.5. The van der Waals surface area contributed by atoms with Gasteiger partial charge in [0, 0.05) is 5.69 Å². The lowest BCUT2D eigenvalue weighted by atomic mass is 9.74. The van der Waals surface area contributed by atoms with Crippen LogP contribution in [-0.4, -0.2) is 14.3 Å². The van der Waals surface area contributed by atoms with Gasteiger partial charge >= 0.3 is 0 Å². The number of benzene rings is 3. The number of anilines is 1. The first kappa shape index (κ1) is 20.3. The van der Waals surface area contributed by atoms with E-state index in [0.717, 1.165) is 5.56 Å². The Hall–Kier alpha value is -3.03. The topological polar surface area (TPSA) is 75.3 Å². The van der Waals surface area contributed by atoms with Crippen LogP contribution in [0.4, 0.5) is 10.1 Å². The summed E-state index contributed by atoms with van der Waals surface area (Å²) >= 11 is 0. The minimum Gasteiger partial charge on any atom is -0.325 e. The number of para-hydroxylation sites is 1. The number of amides is 1. The van der Waals surface area contributed by atoms with Crippen molar-refractivity contribution in [2.45, 2.75) is 30.2 Å². The molecule has 0 radical (unpaired) electrons. The molecular weight excluding hydrogens is 403 g/mol. The van der Waals surface area contributed by atoms with Gasteiger partial charge in [-0.3, -0.25) is 4.79 Å². The maximum Gasteiger partial charge on any atom is 0.241 e. The largest absolute Gasteiger partial charge is 0.325 e.